The maximum absolute atomic E-state index is 13.4. The minimum absolute atomic E-state index is 0.0149. The zero-order chi connectivity index (χ0) is 24.8. The summed E-state index contributed by atoms with van der Waals surface area (Å²) in [5.41, 5.74) is 2.21. The first-order valence-electron chi connectivity index (χ1n) is 11.6. The number of nitrogens with one attached hydrogen (secondary N) is 2. The quantitative estimate of drug-likeness (QED) is 0.380. The van der Waals surface area contributed by atoms with Crippen LogP contribution in [0.5, 0.6) is 11.5 Å². The molecule has 35 heavy (non-hydrogen) atoms. The lowest BCUT2D eigenvalue weighted by Gasteiger charge is -2.20. The maximum Gasteiger partial charge on any atom is 0.242 e. The van der Waals surface area contributed by atoms with Crippen molar-refractivity contribution in [3.63, 3.8) is 0 Å². The third-order valence-corrected chi connectivity index (χ3v) is 6.50. The summed E-state index contributed by atoms with van der Waals surface area (Å²) in [6, 6.07) is 22.6. The summed E-state index contributed by atoms with van der Waals surface area (Å²) in [4.78, 5) is 26.5. The summed E-state index contributed by atoms with van der Waals surface area (Å²) in [6.45, 7) is 7.11. The van der Waals surface area contributed by atoms with Gasteiger partial charge in [0.05, 0.1) is 0 Å². The van der Waals surface area contributed by atoms with Crippen LogP contribution in [0.3, 0.4) is 0 Å². The third-order valence-electron chi connectivity index (χ3n) is 5.23. The van der Waals surface area contributed by atoms with Gasteiger partial charge in [0.15, 0.2) is 11.5 Å². The van der Waals surface area contributed by atoms with E-state index in [0.717, 1.165) is 16.1 Å². The molecular formula is C28H30N2O4S. The van der Waals surface area contributed by atoms with Crippen LogP contribution >= 0.6 is 11.8 Å². The van der Waals surface area contributed by atoms with Crippen LogP contribution < -0.4 is 20.1 Å². The van der Waals surface area contributed by atoms with Gasteiger partial charge in [0.25, 0.3) is 0 Å². The first-order valence-corrected chi connectivity index (χ1v) is 12.5. The van der Waals surface area contributed by atoms with Crippen molar-refractivity contribution in [2.75, 3.05) is 23.8 Å². The molecule has 1 aliphatic rings. The normalized spacial score (nSPS) is 13.6. The maximum atomic E-state index is 13.4. The molecule has 2 amide bonds. The second kappa shape index (κ2) is 10.9. The molecule has 0 aromatic heterocycles. The molecule has 3 aromatic carbocycles. The van der Waals surface area contributed by atoms with E-state index in [0.29, 0.717) is 36.8 Å². The number of rotatable bonds is 7. The van der Waals surface area contributed by atoms with Crippen molar-refractivity contribution < 1.29 is 19.1 Å². The number of thioether (sulfide) groups is 1. The molecule has 4 rings (SSSR count). The molecule has 0 aliphatic carbocycles. The average molecular weight is 491 g/mol. The van der Waals surface area contributed by atoms with Crippen molar-refractivity contribution in [1.29, 1.82) is 0 Å². The fraction of sp³-hybridized carbons (Fsp3) is 0.286. The number of anilines is 2. The number of ether oxygens (including phenoxy) is 2. The summed E-state index contributed by atoms with van der Waals surface area (Å²) in [6.07, 6.45) is 0.444. The minimum atomic E-state index is -0.467. The number of hydrogen-bond acceptors (Lipinski definition) is 5. The molecule has 182 valence electrons. The molecular weight excluding hydrogens is 460 g/mol. The van der Waals surface area contributed by atoms with Gasteiger partial charge in [0, 0.05) is 28.8 Å². The number of carbonyl (C=O) groups is 2. The lowest BCUT2D eigenvalue weighted by molar-refractivity contribution is -0.118. The zero-order valence-electron chi connectivity index (χ0n) is 20.2. The standard InChI is InChI=1S/C28H30N2O4S/c1-28(2,3)18-25(31)29-20-9-12-22(13-10-20)35-26(19-7-5-4-6-8-19)27(32)30-21-11-14-23-24(17-21)34-16-15-33-23/h4-14,17,26H,15-16,18H2,1-3H3,(H,29,31)(H,30,32). The number of fused-ring (bicyclic) bond motifs is 1. The van der Waals surface area contributed by atoms with Gasteiger partial charge in [-0.3, -0.25) is 9.59 Å². The number of amides is 2. The van der Waals surface area contributed by atoms with Gasteiger partial charge in [0.2, 0.25) is 11.8 Å². The lowest BCUT2D eigenvalue weighted by atomic mass is 9.92. The molecule has 0 saturated heterocycles. The van der Waals surface area contributed by atoms with E-state index in [4.69, 9.17) is 9.47 Å². The highest BCUT2D eigenvalue weighted by atomic mass is 32.2. The van der Waals surface area contributed by atoms with Crippen molar-refractivity contribution in [1.82, 2.24) is 0 Å². The largest absolute Gasteiger partial charge is 0.486 e. The topological polar surface area (TPSA) is 76.7 Å². The van der Waals surface area contributed by atoms with Crippen LogP contribution in [-0.2, 0) is 9.59 Å². The molecule has 2 N–H and O–H groups in total. The Balaban J connectivity index is 1.47. The highest BCUT2D eigenvalue weighted by molar-refractivity contribution is 8.00. The van der Waals surface area contributed by atoms with Gasteiger partial charge < -0.3 is 20.1 Å². The Bertz CT molecular complexity index is 1170. The molecule has 1 unspecified atom stereocenters. The molecule has 0 saturated carbocycles. The number of benzene rings is 3. The Labute approximate surface area is 210 Å². The van der Waals surface area contributed by atoms with Crippen LogP contribution in [-0.4, -0.2) is 25.0 Å². The van der Waals surface area contributed by atoms with Gasteiger partial charge in [-0.25, -0.2) is 0 Å². The first-order chi connectivity index (χ1) is 16.8. The van der Waals surface area contributed by atoms with Crippen molar-refractivity contribution in [2.45, 2.75) is 37.3 Å². The van der Waals surface area contributed by atoms with E-state index in [1.807, 2.05) is 81.4 Å². The monoisotopic (exact) mass is 490 g/mol. The summed E-state index contributed by atoms with van der Waals surface area (Å²) < 4.78 is 11.2. The van der Waals surface area contributed by atoms with Gasteiger partial charge in [-0.15, -0.1) is 11.8 Å². The van der Waals surface area contributed by atoms with Crippen LogP contribution in [0.1, 0.15) is 38.0 Å². The van der Waals surface area contributed by atoms with Gasteiger partial charge in [0.1, 0.15) is 18.5 Å². The van der Waals surface area contributed by atoms with E-state index in [1.165, 1.54) is 11.8 Å². The Hall–Kier alpha value is -3.45. The molecule has 1 heterocycles. The highest BCUT2D eigenvalue weighted by Crippen LogP contribution is 2.38. The molecule has 1 atom stereocenters. The second-order valence-corrected chi connectivity index (χ2v) is 10.7. The van der Waals surface area contributed by atoms with E-state index >= 15 is 0 Å². The van der Waals surface area contributed by atoms with Crippen molar-refractivity contribution >= 4 is 35.0 Å². The molecule has 3 aromatic rings. The molecule has 0 fully saturated rings. The van der Waals surface area contributed by atoms with E-state index in [9.17, 15) is 9.59 Å². The zero-order valence-corrected chi connectivity index (χ0v) is 21.0. The number of hydrogen-bond donors (Lipinski definition) is 2. The SMILES string of the molecule is CC(C)(C)CC(=O)Nc1ccc(SC(C(=O)Nc2ccc3c(c2)OCCO3)c2ccccc2)cc1. The summed E-state index contributed by atoms with van der Waals surface area (Å²) in [5.74, 6) is 1.15. The Morgan fingerprint density at radius 2 is 1.51 bits per heavy atom. The fourth-order valence-electron chi connectivity index (χ4n) is 3.67. The Morgan fingerprint density at radius 3 is 2.20 bits per heavy atom. The third kappa shape index (κ3) is 7.02. The van der Waals surface area contributed by atoms with Crippen LogP contribution in [0.25, 0.3) is 0 Å². The molecule has 6 nitrogen and oxygen atoms in total. The van der Waals surface area contributed by atoms with E-state index < -0.39 is 5.25 Å². The second-order valence-electron chi connectivity index (χ2n) is 9.57. The van der Waals surface area contributed by atoms with Gasteiger partial charge in [-0.2, -0.15) is 0 Å². The Kier molecular flexibility index (Phi) is 7.66. The molecule has 1 aliphatic heterocycles. The van der Waals surface area contributed by atoms with E-state index in [-0.39, 0.29) is 17.2 Å². The lowest BCUT2D eigenvalue weighted by Crippen LogP contribution is -2.20. The Morgan fingerprint density at radius 1 is 0.857 bits per heavy atom. The van der Waals surface area contributed by atoms with E-state index in [2.05, 4.69) is 10.6 Å². The number of carbonyl (C=O) groups excluding carboxylic acids is 2. The molecule has 0 radical (unpaired) electrons. The smallest absolute Gasteiger partial charge is 0.242 e. The van der Waals surface area contributed by atoms with Crippen LogP contribution in [0.4, 0.5) is 11.4 Å². The van der Waals surface area contributed by atoms with Crippen LogP contribution in [0.15, 0.2) is 77.7 Å². The van der Waals surface area contributed by atoms with Gasteiger partial charge >= 0.3 is 0 Å². The summed E-state index contributed by atoms with van der Waals surface area (Å²) in [7, 11) is 0. The predicted octanol–water partition coefficient (Wildman–Crippen LogP) is 6.30. The molecule has 0 bridgehead atoms. The van der Waals surface area contributed by atoms with Gasteiger partial charge in [-0.1, -0.05) is 51.1 Å². The first kappa shape index (κ1) is 24.7. The minimum Gasteiger partial charge on any atom is -0.486 e. The molecule has 7 heteroatoms. The fourth-order valence-corrected chi connectivity index (χ4v) is 4.69. The average Bonchev–Trinajstić information content (AvgIpc) is 2.83. The van der Waals surface area contributed by atoms with Crippen molar-refractivity contribution in [2.24, 2.45) is 5.41 Å². The van der Waals surface area contributed by atoms with Crippen LogP contribution in [0.2, 0.25) is 0 Å². The van der Waals surface area contributed by atoms with Crippen LogP contribution in [0, 0.1) is 5.41 Å². The van der Waals surface area contributed by atoms with Crippen molar-refractivity contribution in [3.05, 3.63) is 78.4 Å². The summed E-state index contributed by atoms with van der Waals surface area (Å²) in [5, 5.41) is 5.49. The van der Waals surface area contributed by atoms with E-state index in [1.54, 1.807) is 12.1 Å². The van der Waals surface area contributed by atoms with Gasteiger partial charge in [-0.05, 0) is 47.4 Å². The molecule has 0 spiro atoms. The summed E-state index contributed by atoms with van der Waals surface area (Å²) >= 11 is 1.45. The highest BCUT2D eigenvalue weighted by Gasteiger charge is 2.23. The van der Waals surface area contributed by atoms with Crippen molar-refractivity contribution in [3.8, 4) is 11.5 Å². The predicted molar refractivity (Wildman–Crippen MR) is 140 cm³/mol.